The third-order valence-electron chi connectivity index (χ3n) is 4.69. The van der Waals surface area contributed by atoms with E-state index in [-0.39, 0.29) is 0 Å². The lowest BCUT2D eigenvalue weighted by molar-refractivity contribution is -0.119. The van der Waals surface area contributed by atoms with E-state index in [0.717, 1.165) is 36.0 Å². The van der Waals surface area contributed by atoms with Gasteiger partial charge < -0.3 is 0 Å². The number of fused-ring (bicyclic) bond motifs is 4. The molecule has 6 atom stereocenters. The average Bonchev–Trinajstić information content (AvgIpc) is 2.41. The third-order valence-corrected chi connectivity index (χ3v) is 4.69. The molecule has 0 heterocycles. The second-order valence-electron chi connectivity index (χ2n) is 4.92. The summed E-state index contributed by atoms with van der Waals surface area (Å²) < 4.78 is 0. The number of hydrogen-bond acceptors (Lipinski definition) is 1. The van der Waals surface area contributed by atoms with Crippen LogP contribution in [0.2, 0.25) is 0 Å². The Hall–Kier alpha value is -0.590. The lowest BCUT2D eigenvalue weighted by Gasteiger charge is -2.16. The zero-order chi connectivity index (χ0) is 7.87. The van der Waals surface area contributed by atoms with Crippen molar-refractivity contribution < 1.29 is 4.79 Å². The fourth-order valence-electron chi connectivity index (χ4n) is 4.34. The molecule has 3 fully saturated rings. The van der Waals surface area contributed by atoms with Crippen molar-refractivity contribution in [3.63, 3.8) is 0 Å². The molecule has 0 spiro atoms. The van der Waals surface area contributed by atoms with Crippen molar-refractivity contribution in [2.24, 2.45) is 35.5 Å². The second-order valence-corrected chi connectivity index (χ2v) is 4.92. The minimum absolute atomic E-state index is 0.527. The van der Waals surface area contributed by atoms with E-state index in [1.165, 1.54) is 6.42 Å². The smallest absolute Gasteiger partial charge is 0.136 e. The normalized spacial score (nSPS) is 63.8. The van der Waals surface area contributed by atoms with Crippen molar-refractivity contribution >= 4 is 5.78 Å². The molecule has 0 N–H and O–H groups in total. The summed E-state index contributed by atoms with van der Waals surface area (Å²) in [5.41, 5.74) is 0. The monoisotopic (exact) mass is 160 g/mol. The maximum absolute atomic E-state index is 11.5. The number of hydrogen-bond donors (Lipinski definition) is 0. The molecule has 0 bridgehead atoms. The van der Waals surface area contributed by atoms with E-state index in [0.29, 0.717) is 11.7 Å². The molecule has 4 rings (SSSR count). The van der Waals surface area contributed by atoms with E-state index in [2.05, 4.69) is 12.2 Å². The molecular weight excluding hydrogens is 148 g/mol. The van der Waals surface area contributed by atoms with Crippen LogP contribution in [-0.2, 0) is 4.79 Å². The molecule has 0 radical (unpaired) electrons. The van der Waals surface area contributed by atoms with E-state index < -0.39 is 0 Å². The molecule has 0 aromatic heterocycles. The number of ketones is 1. The van der Waals surface area contributed by atoms with Gasteiger partial charge in [-0.15, -0.1) is 0 Å². The number of carbonyl (C=O) groups excluding carboxylic acids is 1. The average molecular weight is 160 g/mol. The summed E-state index contributed by atoms with van der Waals surface area (Å²) in [4.78, 5) is 11.5. The first-order valence-corrected chi connectivity index (χ1v) is 5.07. The highest BCUT2D eigenvalue weighted by Crippen LogP contribution is 2.73. The van der Waals surface area contributed by atoms with Crippen LogP contribution in [0.4, 0.5) is 0 Å². The van der Waals surface area contributed by atoms with Gasteiger partial charge in [0.25, 0.3) is 0 Å². The minimum atomic E-state index is 0.527. The van der Waals surface area contributed by atoms with Gasteiger partial charge in [0.2, 0.25) is 0 Å². The largest absolute Gasteiger partial charge is 0.299 e. The summed E-state index contributed by atoms with van der Waals surface area (Å²) >= 11 is 0. The van der Waals surface area contributed by atoms with Gasteiger partial charge in [-0.05, 0) is 36.0 Å². The molecule has 3 saturated carbocycles. The Morgan fingerprint density at radius 3 is 3.08 bits per heavy atom. The van der Waals surface area contributed by atoms with Gasteiger partial charge in [-0.2, -0.15) is 0 Å². The predicted octanol–water partition coefficient (Wildman–Crippen LogP) is 1.64. The van der Waals surface area contributed by atoms with Crippen molar-refractivity contribution in [1.82, 2.24) is 0 Å². The summed E-state index contributed by atoms with van der Waals surface area (Å²) in [5, 5.41) is 0. The highest BCUT2D eigenvalue weighted by molar-refractivity contribution is 5.88. The minimum Gasteiger partial charge on any atom is -0.299 e. The molecule has 1 nitrogen and oxygen atoms in total. The second kappa shape index (κ2) is 1.55. The summed E-state index contributed by atoms with van der Waals surface area (Å²) in [7, 11) is 0. The van der Waals surface area contributed by atoms with Crippen LogP contribution >= 0.6 is 0 Å². The first-order valence-electron chi connectivity index (χ1n) is 5.07. The first-order chi connectivity index (χ1) is 5.88. The molecule has 0 aromatic carbocycles. The van der Waals surface area contributed by atoms with Crippen LogP contribution in [0.5, 0.6) is 0 Å². The van der Waals surface area contributed by atoms with Crippen LogP contribution in [0.3, 0.4) is 0 Å². The van der Waals surface area contributed by atoms with Crippen LogP contribution in [-0.4, -0.2) is 5.78 Å². The van der Waals surface area contributed by atoms with Gasteiger partial charge in [0.05, 0.1) is 0 Å². The van der Waals surface area contributed by atoms with Crippen LogP contribution in [0.15, 0.2) is 12.2 Å². The molecule has 4 aliphatic carbocycles. The van der Waals surface area contributed by atoms with Gasteiger partial charge in [0.15, 0.2) is 0 Å². The Morgan fingerprint density at radius 2 is 2.17 bits per heavy atom. The lowest BCUT2D eigenvalue weighted by atomic mass is 9.87. The molecule has 0 aliphatic heterocycles. The Labute approximate surface area is 71.8 Å². The molecule has 1 unspecified atom stereocenters. The van der Waals surface area contributed by atoms with Crippen molar-refractivity contribution in [1.29, 1.82) is 0 Å². The Balaban J connectivity index is 1.83. The Bertz CT molecular complexity index is 304. The molecular formula is C11H12O. The van der Waals surface area contributed by atoms with Gasteiger partial charge in [-0.25, -0.2) is 0 Å². The SMILES string of the molecule is O=C1C[C@H]2C3[C@H]([C@@H]4C=CC[C@@H]42)[C@H]13. The van der Waals surface area contributed by atoms with Crippen LogP contribution in [0.25, 0.3) is 0 Å². The van der Waals surface area contributed by atoms with Gasteiger partial charge >= 0.3 is 0 Å². The van der Waals surface area contributed by atoms with E-state index in [1.54, 1.807) is 0 Å². The van der Waals surface area contributed by atoms with Crippen molar-refractivity contribution in [3.05, 3.63) is 12.2 Å². The molecule has 0 aromatic rings. The third kappa shape index (κ3) is 0.429. The molecule has 4 aliphatic rings. The highest BCUT2D eigenvalue weighted by Gasteiger charge is 2.72. The number of Topliss-reactive ketones (excluding diaryl/α,β-unsaturated/α-hetero) is 1. The molecule has 0 amide bonds. The van der Waals surface area contributed by atoms with Gasteiger partial charge in [-0.1, -0.05) is 12.2 Å². The van der Waals surface area contributed by atoms with Crippen molar-refractivity contribution in [2.45, 2.75) is 12.8 Å². The fourth-order valence-corrected chi connectivity index (χ4v) is 4.34. The quantitative estimate of drug-likeness (QED) is 0.492. The maximum atomic E-state index is 11.5. The van der Waals surface area contributed by atoms with Crippen molar-refractivity contribution in [2.75, 3.05) is 0 Å². The number of carbonyl (C=O) groups is 1. The molecule has 12 heavy (non-hydrogen) atoms. The number of rotatable bonds is 0. The molecule has 0 saturated heterocycles. The standard InChI is InChI=1S/C11H12O/c12-8-4-7-5-2-1-3-6(5)9-10(7)11(8)9/h1,3,5-7,9-11H,2,4H2/t5-,6+,7+,9-,10?,11-/m0/s1. The topological polar surface area (TPSA) is 17.1 Å². The summed E-state index contributed by atoms with van der Waals surface area (Å²) in [6, 6.07) is 0. The summed E-state index contributed by atoms with van der Waals surface area (Å²) in [6.45, 7) is 0. The molecule has 62 valence electrons. The Morgan fingerprint density at radius 1 is 1.25 bits per heavy atom. The van der Waals surface area contributed by atoms with E-state index in [1.807, 2.05) is 0 Å². The summed E-state index contributed by atoms with van der Waals surface area (Å²) in [5.74, 6) is 5.26. The van der Waals surface area contributed by atoms with Crippen molar-refractivity contribution in [3.8, 4) is 0 Å². The zero-order valence-electron chi connectivity index (χ0n) is 6.94. The van der Waals surface area contributed by atoms with Gasteiger partial charge in [-0.3, -0.25) is 4.79 Å². The van der Waals surface area contributed by atoms with E-state index in [9.17, 15) is 4.79 Å². The van der Waals surface area contributed by atoms with E-state index >= 15 is 0 Å². The predicted molar refractivity (Wildman–Crippen MR) is 44.3 cm³/mol. The zero-order valence-corrected chi connectivity index (χ0v) is 6.94. The Kier molecular flexibility index (Phi) is 0.768. The number of allylic oxidation sites excluding steroid dienone is 2. The first kappa shape index (κ1) is 5.95. The summed E-state index contributed by atoms with van der Waals surface area (Å²) in [6.07, 6.45) is 6.92. The lowest BCUT2D eigenvalue weighted by Crippen LogP contribution is -2.11. The van der Waals surface area contributed by atoms with Crippen LogP contribution in [0.1, 0.15) is 12.8 Å². The maximum Gasteiger partial charge on any atom is 0.136 e. The van der Waals surface area contributed by atoms with Crippen LogP contribution in [0, 0.1) is 35.5 Å². The van der Waals surface area contributed by atoms with Crippen LogP contribution < -0.4 is 0 Å². The highest BCUT2D eigenvalue weighted by atomic mass is 16.1. The van der Waals surface area contributed by atoms with Gasteiger partial charge in [0.1, 0.15) is 5.78 Å². The van der Waals surface area contributed by atoms with Gasteiger partial charge in [0, 0.05) is 12.3 Å². The van der Waals surface area contributed by atoms with E-state index in [4.69, 9.17) is 0 Å². The fraction of sp³-hybridized carbons (Fsp3) is 0.727. The molecule has 1 heteroatoms.